The molecule has 8 nitrogen and oxygen atoms in total. The highest BCUT2D eigenvalue weighted by atomic mass is 35.5. The number of halogens is 3. The fraction of sp³-hybridized carbons (Fsp3) is 0.200. The zero-order chi connectivity index (χ0) is 26.0. The number of carbonyl (C=O) groups excluding carboxylic acids is 2. The van der Waals surface area contributed by atoms with Gasteiger partial charge in [0.1, 0.15) is 6.61 Å². The summed E-state index contributed by atoms with van der Waals surface area (Å²) in [6, 6.07) is 11.9. The van der Waals surface area contributed by atoms with Crippen LogP contribution in [0.2, 0.25) is 15.1 Å². The van der Waals surface area contributed by atoms with Gasteiger partial charge in [0.05, 0.1) is 12.2 Å². The van der Waals surface area contributed by atoms with Crippen molar-refractivity contribution in [3.05, 3.63) is 98.3 Å². The van der Waals surface area contributed by atoms with Crippen molar-refractivity contribution in [1.29, 1.82) is 0 Å². The van der Waals surface area contributed by atoms with E-state index in [2.05, 4.69) is 5.32 Å². The second-order valence-electron chi connectivity index (χ2n) is 8.14. The highest BCUT2D eigenvalue weighted by Crippen LogP contribution is 2.40. The molecule has 3 N–H and O–H groups in total. The van der Waals surface area contributed by atoms with E-state index in [1.54, 1.807) is 31.3 Å². The molecule has 0 aromatic heterocycles. The number of hydrogen-bond acceptors (Lipinski definition) is 5. The summed E-state index contributed by atoms with van der Waals surface area (Å²) in [5.74, 6) is 0.765. The molecule has 11 heteroatoms. The fourth-order valence-electron chi connectivity index (χ4n) is 4.00. The number of benzene rings is 2. The number of nitrogens with one attached hydrogen (secondary N) is 1. The third kappa shape index (κ3) is 5.26. The van der Waals surface area contributed by atoms with Gasteiger partial charge >= 0.3 is 6.03 Å². The van der Waals surface area contributed by atoms with Crippen LogP contribution in [0.25, 0.3) is 0 Å². The van der Waals surface area contributed by atoms with E-state index in [0.717, 1.165) is 11.4 Å². The molecule has 0 saturated heterocycles. The van der Waals surface area contributed by atoms with E-state index in [0.29, 0.717) is 44.5 Å². The van der Waals surface area contributed by atoms with Gasteiger partial charge in [-0.15, -0.1) is 0 Å². The number of carbonyl (C=O) groups is 2. The highest BCUT2D eigenvalue weighted by molar-refractivity contribution is 6.36. The zero-order valence-electron chi connectivity index (χ0n) is 19.6. The SMILES string of the molecule is CC1=CN2CC=C(N(C)C(=O)CNC(N)=O)C(OCc3c(Cl)cccc3Cl)=C2N1c1cccc(Cl)c1. The quantitative estimate of drug-likeness (QED) is 0.506. The molecular weight excluding hydrogens is 525 g/mol. The summed E-state index contributed by atoms with van der Waals surface area (Å²) in [6.07, 6.45) is 3.87. The van der Waals surface area contributed by atoms with Crippen LogP contribution in [0.5, 0.6) is 0 Å². The van der Waals surface area contributed by atoms with Crippen molar-refractivity contribution < 1.29 is 14.3 Å². The van der Waals surface area contributed by atoms with Gasteiger partial charge in [-0.3, -0.25) is 9.69 Å². The minimum absolute atomic E-state index is 0.0620. The molecule has 2 aromatic rings. The predicted octanol–water partition coefficient (Wildman–Crippen LogP) is 5.04. The summed E-state index contributed by atoms with van der Waals surface area (Å²) >= 11 is 19.1. The first-order valence-corrected chi connectivity index (χ1v) is 12.1. The van der Waals surface area contributed by atoms with Crippen molar-refractivity contribution in [3.63, 3.8) is 0 Å². The average molecular weight is 549 g/mol. The molecular formula is C25H24Cl3N5O3. The second-order valence-corrected chi connectivity index (χ2v) is 9.39. The summed E-state index contributed by atoms with van der Waals surface area (Å²) in [7, 11) is 1.61. The average Bonchev–Trinajstić information content (AvgIpc) is 3.17. The van der Waals surface area contributed by atoms with Crippen molar-refractivity contribution in [3.8, 4) is 0 Å². The summed E-state index contributed by atoms with van der Waals surface area (Å²) < 4.78 is 6.37. The summed E-state index contributed by atoms with van der Waals surface area (Å²) in [5.41, 5.74) is 8.05. The molecule has 2 aromatic carbocycles. The molecule has 2 aliphatic rings. The first kappa shape index (κ1) is 25.8. The molecule has 0 saturated carbocycles. The Kier molecular flexibility index (Phi) is 7.68. The molecule has 0 aliphatic carbocycles. The molecule has 4 rings (SSSR count). The molecule has 188 valence electrons. The maximum Gasteiger partial charge on any atom is 0.312 e. The Hall–Kier alpha value is -3.33. The van der Waals surface area contributed by atoms with Gasteiger partial charge in [0.2, 0.25) is 5.91 Å². The lowest BCUT2D eigenvalue weighted by molar-refractivity contribution is -0.127. The van der Waals surface area contributed by atoms with Crippen molar-refractivity contribution in [2.45, 2.75) is 13.5 Å². The van der Waals surface area contributed by atoms with Gasteiger partial charge in [-0.05, 0) is 43.3 Å². The third-order valence-corrected chi connectivity index (χ3v) is 6.68. The van der Waals surface area contributed by atoms with Gasteiger partial charge in [0.25, 0.3) is 0 Å². The third-order valence-electron chi connectivity index (χ3n) is 5.73. The van der Waals surface area contributed by atoms with Gasteiger partial charge in [-0.2, -0.15) is 0 Å². The maximum absolute atomic E-state index is 12.9. The molecule has 0 radical (unpaired) electrons. The summed E-state index contributed by atoms with van der Waals surface area (Å²) in [4.78, 5) is 29.4. The molecule has 0 atom stereocenters. The molecule has 2 heterocycles. The van der Waals surface area contributed by atoms with Crippen LogP contribution < -0.4 is 16.0 Å². The number of anilines is 1. The number of fused-ring (bicyclic) bond motifs is 1. The largest absolute Gasteiger partial charge is 0.483 e. The molecule has 2 aliphatic heterocycles. The van der Waals surface area contributed by atoms with E-state index < -0.39 is 6.03 Å². The lowest BCUT2D eigenvalue weighted by atomic mass is 10.2. The minimum Gasteiger partial charge on any atom is -0.483 e. The van der Waals surface area contributed by atoms with E-state index in [4.69, 9.17) is 45.3 Å². The second kappa shape index (κ2) is 10.7. The van der Waals surface area contributed by atoms with Crippen LogP contribution >= 0.6 is 34.8 Å². The zero-order valence-corrected chi connectivity index (χ0v) is 21.9. The van der Waals surface area contributed by atoms with Crippen LogP contribution in [-0.4, -0.2) is 41.9 Å². The lowest BCUT2D eigenvalue weighted by Gasteiger charge is -2.34. The Morgan fingerprint density at radius 3 is 2.50 bits per heavy atom. The number of allylic oxidation sites excluding steroid dienone is 1. The van der Waals surface area contributed by atoms with E-state index in [1.807, 2.05) is 47.2 Å². The number of nitrogens with zero attached hydrogens (tertiary/aromatic N) is 3. The first-order chi connectivity index (χ1) is 17.2. The first-order valence-electron chi connectivity index (χ1n) is 11.0. The van der Waals surface area contributed by atoms with Gasteiger partial charge in [-0.1, -0.05) is 46.9 Å². The fourth-order valence-corrected chi connectivity index (χ4v) is 4.69. The number of rotatable bonds is 7. The smallest absolute Gasteiger partial charge is 0.312 e. The van der Waals surface area contributed by atoms with E-state index in [-0.39, 0.29) is 19.1 Å². The Morgan fingerprint density at radius 1 is 1.14 bits per heavy atom. The van der Waals surface area contributed by atoms with E-state index >= 15 is 0 Å². The van der Waals surface area contributed by atoms with Crippen LogP contribution in [0.3, 0.4) is 0 Å². The summed E-state index contributed by atoms with van der Waals surface area (Å²) in [5, 5.41) is 3.85. The number of likely N-dealkylation sites (N-methyl/N-ethyl adjacent to an activating group) is 1. The van der Waals surface area contributed by atoms with Crippen molar-refractivity contribution in [2.75, 3.05) is 25.0 Å². The van der Waals surface area contributed by atoms with E-state index in [9.17, 15) is 9.59 Å². The highest BCUT2D eigenvalue weighted by Gasteiger charge is 2.36. The van der Waals surface area contributed by atoms with Gasteiger partial charge < -0.3 is 25.6 Å². The van der Waals surface area contributed by atoms with Crippen LogP contribution in [0.1, 0.15) is 12.5 Å². The summed E-state index contributed by atoms with van der Waals surface area (Å²) in [6.45, 7) is 2.26. The number of amides is 3. The Bertz CT molecular complexity index is 1290. The molecule has 3 amide bonds. The number of nitrogens with two attached hydrogens (primary N) is 1. The van der Waals surface area contributed by atoms with Gasteiger partial charge in [0.15, 0.2) is 11.6 Å². The Morgan fingerprint density at radius 2 is 1.83 bits per heavy atom. The maximum atomic E-state index is 12.9. The number of ether oxygens (including phenoxy) is 1. The number of hydrogen-bond donors (Lipinski definition) is 2. The number of primary amides is 1. The van der Waals surface area contributed by atoms with Gasteiger partial charge in [-0.25, -0.2) is 4.79 Å². The van der Waals surface area contributed by atoms with Crippen molar-refractivity contribution >= 4 is 52.4 Å². The van der Waals surface area contributed by atoms with Crippen molar-refractivity contribution in [1.82, 2.24) is 15.1 Å². The minimum atomic E-state index is -0.786. The Balaban J connectivity index is 1.77. The van der Waals surface area contributed by atoms with Gasteiger partial charge in [0, 0.05) is 51.8 Å². The van der Waals surface area contributed by atoms with Crippen LogP contribution in [0.4, 0.5) is 10.5 Å². The predicted molar refractivity (Wildman–Crippen MR) is 141 cm³/mol. The standard InChI is InChI=1S/C25H24Cl3N5O3/c1-15-13-32-10-9-21(31(2)22(34)12-30-25(29)35)23(36-14-18-19(27)7-4-8-20(18)28)24(32)33(15)17-6-3-5-16(26)11-17/h3-9,11,13H,10,12,14H2,1-2H3,(H3,29,30,35). The Labute approximate surface area is 224 Å². The molecule has 0 fully saturated rings. The lowest BCUT2D eigenvalue weighted by Crippen LogP contribution is -2.42. The van der Waals surface area contributed by atoms with Crippen molar-refractivity contribution in [2.24, 2.45) is 5.73 Å². The topological polar surface area (TPSA) is 91.1 Å². The molecule has 0 unspecified atom stereocenters. The molecule has 0 bridgehead atoms. The monoisotopic (exact) mass is 547 g/mol. The van der Waals surface area contributed by atoms with Crippen LogP contribution in [0.15, 0.2) is 77.7 Å². The van der Waals surface area contributed by atoms with E-state index in [1.165, 1.54) is 4.90 Å². The van der Waals surface area contributed by atoms with Crippen LogP contribution in [0, 0.1) is 0 Å². The molecule has 36 heavy (non-hydrogen) atoms. The number of urea groups is 1. The normalized spacial score (nSPS) is 14.8. The van der Waals surface area contributed by atoms with Crippen LogP contribution in [-0.2, 0) is 16.1 Å². The molecule has 0 spiro atoms.